The minimum atomic E-state index is -0.290. The van der Waals surface area contributed by atoms with Crippen LogP contribution in [-0.2, 0) is 4.79 Å². The van der Waals surface area contributed by atoms with Gasteiger partial charge in [-0.15, -0.1) is 0 Å². The Morgan fingerprint density at radius 3 is 2.64 bits per heavy atom. The molecule has 0 saturated heterocycles. The van der Waals surface area contributed by atoms with Crippen molar-refractivity contribution in [2.24, 2.45) is 0 Å². The van der Waals surface area contributed by atoms with Gasteiger partial charge in [-0.2, -0.15) is 0 Å². The number of aromatic amines is 1. The topological polar surface area (TPSA) is 92.2 Å². The number of anilines is 1. The lowest BCUT2D eigenvalue weighted by Crippen LogP contribution is -2.15. The highest BCUT2D eigenvalue weighted by Gasteiger charge is 2.13. The number of hydrogen-bond acceptors (Lipinski definition) is 5. The maximum absolute atomic E-state index is 12.3. The van der Waals surface area contributed by atoms with Crippen molar-refractivity contribution in [1.29, 1.82) is 0 Å². The summed E-state index contributed by atoms with van der Waals surface area (Å²) in [6.45, 7) is 0. The van der Waals surface area contributed by atoms with Crippen LogP contribution in [0.3, 0.4) is 0 Å². The van der Waals surface area contributed by atoms with Gasteiger partial charge in [-0.25, -0.2) is 14.5 Å². The Bertz CT molecular complexity index is 1210. The number of amides is 1. The molecule has 4 aromatic rings. The van der Waals surface area contributed by atoms with Gasteiger partial charge in [0.25, 0.3) is 5.56 Å². The molecule has 2 N–H and O–H groups in total. The Balaban J connectivity index is 1.60. The summed E-state index contributed by atoms with van der Waals surface area (Å²) in [5, 5.41) is 6.34. The first-order valence-electron chi connectivity index (χ1n) is 8.32. The predicted octanol–water partition coefficient (Wildman–Crippen LogP) is 3.47. The lowest BCUT2D eigenvalue weighted by Gasteiger charge is -2.09. The molecule has 140 valence electrons. The smallest absolute Gasteiger partial charge is 0.266 e. The van der Waals surface area contributed by atoms with Crippen LogP contribution >= 0.6 is 23.4 Å². The molecule has 0 radical (unpaired) electrons. The fraction of sp³-hybridized carbons (Fsp3) is 0.0526. The molecule has 0 aliphatic carbocycles. The molecule has 0 atom stereocenters. The average molecular weight is 412 g/mol. The van der Waals surface area contributed by atoms with E-state index in [2.05, 4.69) is 20.4 Å². The van der Waals surface area contributed by atoms with Crippen LogP contribution in [0.2, 0.25) is 5.02 Å². The molecule has 0 saturated carbocycles. The van der Waals surface area contributed by atoms with E-state index in [0.717, 1.165) is 5.56 Å². The van der Waals surface area contributed by atoms with E-state index in [-0.39, 0.29) is 17.2 Å². The van der Waals surface area contributed by atoms with Crippen molar-refractivity contribution in [2.75, 3.05) is 11.1 Å². The summed E-state index contributed by atoms with van der Waals surface area (Å²) in [5.41, 5.74) is 1.51. The number of fused-ring (bicyclic) bond motifs is 1. The highest BCUT2D eigenvalue weighted by Crippen LogP contribution is 2.23. The van der Waals surface area contributed by atoms with Crippen molar-refractivity contribution in [3.05, 3.63) is 76.0 Å². The van der Waals surface area contributed by atoms with Crippen molar-refractivity contribution in [1.82, 2.24) is 19.6 Å². The second-order valence-corrected chi connectivity index (χ2v) is 7.18. The molecular formula is C19H14ClN5O2S. The van der Waals surface area contributed by atoms with Gasteiger partial charge in [0.15, 0.2) is 16.6 Å². The molecule has 28 heavy (non-hydrogen) atoms. The lowest BCUT2D eigenvalue weighted by molar-refractivity contribution is -0.113. The Kier molecular flexibility index (Phi) is 5.14. The Morgan fingerprint density at radius 2 is 1.86 bits per heavy atom. The summed E-state index contributed by atoms with van der Waals surface area (Å²) in [7, 11) is 0. The summed E-state index contributed by atoms with van der Waals surface area (Å²) in [4.78, 5) is 33.0. The van der Waals surface area contributed by atoms with Gasteiger partial charge in [0, 0.05) is 11.6 Å². The summed E-state index contributed by atoms with van der Waals surface area (Å²) < 4.78 is 1.47. The average Bonchev–Trinajstić information content (AvgIpc) is 3.09. The first-order valence-corrected chi connectivity index (χ1v) is 9.69. The van der Waals surface area contributed by atoms with Crippen LogP contribution < -0.4 is 10.9 Å². The molecular weight excluding hydrogens is 398 g/mol. The maximum atomic E-state index is 12.3. The number of H-pyrrole nitrogens is 1. The Hall–Kier alpha value is -3.10. The molecule has 0 aliphatic heterocycles. The van der Waals surface area contributed by atoms with Crippen LogP contribution in [0.1, 0.15) is 0 Å². The first kappa shape index (κ1) is 18.3. The molecule has 2 aromatic carbocycles. The molecule has 7 nitrogen and oxygen atoms in total. The summed E-state index contributed by atoms with van der Waals surface area (Å²) in [5.74, 6) is 0.334. The zero-order chi connectivity index (χ0) is 19.5. The number of halogens is 1. The number of nitrogens with one attached hydrogen (secondary N) is 2. The second-order valence-electron chi connectivity index (χ2n) is 5.83. The maximum Gasteiger partial charge on any atom is 0.266 e. The Labute approximate surface area is 168 Å². The summed E-state index contributed by atoms with van der Waals surface area (Å²) in [6.07, 6.45) is 0. The van der Waals surface area contributed by atoms with Crippen LogP contribution in [0.4, 0.5) is 5.69 Å². The summed E-state index contributed by atoms with van der Waals surface area (Å²) in [6, 6.07) is 17.8. The van der Waals surface area contributed by atoms with Crippen molar-refractivity contribution in [2.45, 2.75) is 5.16 Å². The third-order valence-corrected chi connectivity index (χ3v) is 5.11. The number of nitrogens with zero attached hydrogens (tertiary/aromatic N) is 3. The molecule has 0 aliphatic rings. The number of para-hydroxylation sites is 1. The van der Waals surface area contributed by atoms with Crippen LogP contribution in [0.25, 0.3) is 17.0 Å². The van der Waals surface area contributed by atoms with E-state index in [4.69, 9.17) is 11.6 Å². The van der Waals surface area contributed by atoms with Gasteiger partial charge < -0.3 is 5.32 Å². The van der Waals surface area contributed by atoms with Crippen molar-refractivity contribution in [3.63, 3.8) is 0 Å². The third-order valence-electron chi connectivity index (χ3n) is 3.84. The van der Waals surface area contributed by atoms with E-state index in [9.17, 15) is 9.59 Å². The van der Waals surface area contributed by atoms with Crippen molar-refractivity contribution in [3.8, 4) is 11.4 Å². The molecule has 4 rings (SSSR count). The predicted molar refractivity (Wildman–Crippen MR) is 110 cm³/mol. The molecule has 0 fully saturated rings. The number of rotatable bonds is 5. The number of hydrogen-bond donors (Lipinski definition) is 2. The number of carbonyl (C=O) groups excluding carboxylic acids is 1. The fourth-order valence-corrected chi connectivity index (χ4v) is 3.51. The molecule has 2 heterocycles. The van der Waals surface area contributed by atoms with Gasteiger partial charge in [0.05, 0.1) is 16.5 Å². The number of carbonyl (C=O) groups is 1. The number of aromatic nitrogens is 4. The standard InChI is InChI=1S/C19H14ClN5O2S/c20-13-8-4-5-9-14(13)21-17(27)11-28-19-23-18(12-6-2-1-3-7-12)22-15-10-16(26)24-25(15)19/h1-10H,11H2,(H,21,27)(H,24,26). The minimum absolute atomic E-state index is 0.0891. The molecule has 9 heteroatoms. The van der Waals surface area contributed by atoms with Crippen molar-refractivity contribution < 1.29 is 4.79 Å². The van der Waals surface area contributed by atoms with E-state index in [0.29, 0.717) is 27.3 Å². The quantitative estimate of drug-likeness (QED) is 0.490. The van der Waals surface area contributed by atoms with Gasteiger partial charge in [-0.05, 0) is 12.1 Å². The van der Waals surface area contributed by atoms with Crippen LogP contribution in [0.5, 0.6) is 0 Å². The van der Waals surface area contributed by atoms with Crippen LogP contribution in [0.15, 0.2) is 70.6 Å². The molecule has 1 amide bonds. The van der Waals surface area contributed by atoms with E-state index in [1.807, 2.05) is 30.3 Å². The highest BCUT2D eigenvalue weighted by atomic mass is 35.5. The zero-order valence-electron chi connectivity index (χ0n) is 14.4. The first-order chi connectivity index (χ1) is 13.6. The molecule has 0 unspecified atom stereocenters. The summed E-state index contributed by atoms with van der Waals surface area (Å²) >= 11 is 7.26. The van der Waals surface area contributed by atoms with Gasteiger partial charge >= 0.3 is 0 Å². The van der Waals surface area contributed by atoms with Crippen LogP contribution in [-0.4, -0.2) is 31.2 Å². The minimum Gasteiger partial charge on any atom is -0.324 e. The normalized spacial score (nSPS) is 10.9. The fourth-order valence-electron chi connectivity index (χ4n) is 2.58. The molecule has 2 aromatic heterocycles. The van der Waals surface area contributed by atoms with Gasteiger partial charge in [0.2, 0.25) is 5.91 Å². The van der Waals surface area contributed by atoms with Gasteiger partial charge in [0.1, 0.15) is 0 Å². The molecule has 0 spiro atoms. The SMILES string of the molecule is O=C(CSc1nc(-c2ccccc2)nc2cc(=O)[nH]n12)Nc1ccccc1Cl. The van der Waals surface area contributed by atoms with Gasteiger partial charge in [-0.1, -0.05) is 65.8 Å². The van der Waals surface area contributed by atoms with E-state index >= 15 is 0 Å². The van der Waals surface area contributed by atoms with E-state index in [1.54, 1.807) is 24.3 Å². The second kappa shape index (κ2) is 7.87. The number of thioether (sulfide) groups is 1. The Morgan fingerprint density at radius 1 is 1.11 bits per heavy atom. The van der Waals surface area contributed by atoms with Crippen LogP contribution in [0, 0.1) is 0 Å². The van der Waals surface area contributed by atoms with Crippen molar-refractivity contribution >= 4 is 40.6 Å². The van der Waals surface area contributed by atoms with Gasteiger partial charge in [-0.3, -0.25) is 14.7 Å². The monoisotopic (exact) mass is 411 g/mol. The van der Waals surface area contributed by atoms with E-state index < -0.39 is 0 Å². The lowest BCUT2D eigenvalue weighted by atomic mass is 10.2. The third kappa shape index (κ3) is 3.92. The highest BCUT2D eigenvalue weighted by molar-refractivity contribution is 7.99. The van der Waals surface area contributed by atoms with E-state index in [1.165, 1.54) is 22.3 Å². The molecule has 0 bridgehead atoms. The zero-order valence-corrected chi connectivity index (χ0v) is 16.0. The number of benzene rings is 2. The largest absolute Gasteiger partial charge is 0.324 e.